The van der Waals surface area contributed by atoms with E-state index >= 15 is 0 Å². The van der Waals surface area contributed by atoms with Crippen LogP contribution >= 0.6 is 0 Å². The van der Waals surface area contributed by atoms with Crippen LogP contribution in [0.25, 0.3) is 0 Å². The first kappa shape index (κ1) is 9.98. The average molecular weight is 192 g/mol. The van der Waals surface area contributed by atoms with Gasteiger partial charge in [-0.1, -0.05) is 19.8 Å². The van der Waals surface area contributed by atoms with Crippen molar-refractivity contribution in [1.82, 2.24) is 4.90 Å². The van der Waals surface area contributed by atoms with E-state index in [1.807, 2.05) is 0 Å². The van der Waals surface area contributed by atoms with E-state index < -0.39 is 0 Å². The van der Waals surface area contributed by atoms with Crippen molar-refractivity contribution in [3.63, 3.8) is 0 Å². The summed E-state index contributed by atoms with van der Waals surface area (Å²) >= 11 is 0. The van der Waals surface area contributed by atoms with E-state index in [4.69, 9.17) is 5.26 Å². The molecule has 78 valence electrons. The lowest BCUT2D eigenvalue weighted by Crippen LogP contribution is -2.41. The van der Waals surface area contributed by atoms with Crippen molar-refractivity contribution < 1.29 is 0 Å². The van der Waals surface area contributed by atoms with Gasteiger partial charge in [0.25, 0.3) is 0 Å². The number of rotatable bonds is 1. The molecule has 2 heteroatoms. The summed E-state index contributed by atoms with van der Waals surface area (Å²) in [6, 6.07) is 3.39. The van der Waals surface area contributed by atoms with Gasteiger partial charge in [-0.05, 0) is 38.1 Å². The van der Waals surface area contributed by atoms with Gasteiger partial charge in [0.2, 0.25) is 0 Å². The molecule has 1 heterocycles. The molecule has 1 saturated carbocycles. The third-order valence-corrected chi connectivity index (χ3v) is 3.82. The van der Waals surface area contributed by atoms with Crippen LogP contribution in [-0.2, 0) is 0 Å². The summed E-state index contributed by atoms with van der Waals surface area (Å²) in [5.41, 5.74) is 0. The molecule has 1 saturated heterocycles. The Morgan fingerprint density at radius 2 is 2.07 bits per heavy atom. The van der Waals surface area contributed by atoms with Crippen molar-refractivity contribution in [1.29, 1.82) is 5.26 Å². The summed E-state index contributed by atoms with van der Waals surface area (Å²) < 4.78 is 0. The van der Waals surface area contributed by atoms with Crippen LogP contribution in [0.2, 0.25) is 0 Å². The zero-order valence-corrected chi connectivity index (χ0v) is 9.08. The molecule has 0 amide bonds. The van der Waals surface area contributed by atoms with Crippen LogP contribution in [0.4, 0.5) is 0 Å². The lowest BCUT2D eigenvalue weighted by molar-refractivity contribution is 0.142. The van der Waals surface area contributed by atoms with E-state index in [0.29, 0.717) is 6.04 Å². The minimum atomic E-state index is 0.227. The zero-order chi connectivity index (χ0) is 9.97. The topological polar surface area (TPSA) is 27.0 Å². The van der Waals surface area contributed by atoms with E-state index in [0.717, 1.165) is 18.9 Å². The van der Waals surface area contributed by atoms with Crippen LogP contribution in [0.5, 0.6) is 0 Å². The molecule has 0 aromatic rings. The molecule has 0 N–H and O–H groups in total. The van der Waals surface area contributed by atoms with Crippen molar-refractivity contribution >= 4 is 0 Å². The van der Waals surface area contributed by atoms with E-state index in [1.165, 1.54) is 32.1 Å². The third kappa shape index (κ3) is 1.93. The second-order valence-electron chi connectivity index (χ2n) is 4.95. The molecule has 0 radical (unpaired) electrons. The minimum Gasteiger partial charge on any atom is -0.285 e. The van der Waals surface area contributed by atoms with Gasteiger partial charge < -0.3 is 0 Å². The highest BCUT2D eigenvalue weighted by molar-refractivity contribution is 4.99. The van der Waals surface area contributed by atoms with Crippen molar-refractivity contribution in [2.75, 3.05) is 6.54 Å². The Kier molecular flexibility index (Phi) is 3.08. The fourth-order valence-corrected chi connectivity index (χ4v) is 3.07. The Hall–Kier alpha value is -0.550. The maximum Gasteiger partial charge on any atom is 0.0980 e. The molecule has 2 aliphatic rings. The van der Waals surface area contributed by atoms with E-state index in [9.17, 15) is 0 Å². The van der Waals surface area contributed by atoms with E-state index in [-0.39, 0.29) is 6.04 Å². The number of hydrogen-bond donors (Lipinski definition) is 0. The average Bonchev–Trinajstić information content (AvgIpc) is 2.65. The van der Waals surface area contributed by atoms with Gasteiger partial charge in [0.1, 0.15) is 0 Å². The van der Waals surface area contributed by atoms with Crippen LogP contribution in [0, 0.1) is 17.2 Å². The summed E-state index contributed by atoms with van der Waals surface area (Å²) in [6.45, 7) is 3.51. The van der Waals surface area contributed by atoms with Crippen molar-refractivity contribution in [3.8, 4) is 6.07 Å². The highest BCUT2D eigenvalue weighted by Crippen LogP contribution is 2.31. The number of nitriles is 1. The quantitative estimate of drug-likeness (QED) is 0.638. The summed E-state index contributed by atoms with van der Waals surface area (Å²) in [4.78, 5) is 2.47. The maximum atomic E-state index is 9.04. The normalized spacial score (nSPS) is 39.6. The zero-order valence-electron chi connectivity index (χ0n) is 9.08. The molecule has 0 bridgehead atoms. The molecule has 14 heavy (non-hydrogen) atoms. The predicted molar refractivity (Wildman–Crippen MR) is 56.8 cm³/mol. The molecule has 0 aromatic heterocycles. The van der Waals surface area contributed by atoms with Gasteiger partial charge in [-0.3, -0.25) is 4.90 Å². The second kappa shape index (κ2) is 4.31. The molecule has 0 spiro atoms. The molecular formula is C12H20N2. The predicted octanol–water partition coefficient (Wildman–Crippen LogP) is 2.55. The van der Waals surface area contributed by atoms with Crippen LogP contribution in [-0.4, -0.2) is 23.5 Å². The van der Waals surface area contributed by atoms with Gasteiger partial charge in [0.05, 0.1) is 12.1 Å². The number of likely N-dealkylation sites (tertiary alicyclic amines) is 1. The molecule has 3 unspecified atom stereocenters. The standard InChI is InChI=1S/C12H20N2/c1-10-4-2-5-11(8-10)14-7-3-6-12(14)9-13/h10-12H,2-8H2,1H3. The molecular weight excluding hydrogens is 172 g/mol. The van der Waals surface area contributed by atoms with Gasteiger partial charge in [0, 0.05) is 6.04 Å². The number of nitrogens with zero attached hydrogens (tertiary/aromatic N) is 2. The SMILES string of the molecule is CC1CCCC(N2CCCC2C#N)C1. The summed E-state index contributed by atoms with van der Waals surface area (Å²) in [7, 11) is 0. The summed E-state index contributed by atoms with van der Waals surface area (Å²) in [5, 5.41) is 9.04. The Morgan fingerprint density at radius 1 is 1.21 bits per heavy atom. The van der Waals surface area contributed by atoms with Crippen LogP contribution in [0.1, 0.15) is 45.4 Å². The Bertz CT molecular complexity index is 231. The Morgan fingerprint density at radius 3 is 2.79 bits per heavy atom. The molecule has 2 fully saturated rings. The lowest BCUT2D eigenvalue weighted by Gasteiger charge is -2.35. The molecule has 1 aliphatic heterocycles. The Balaban J connectivity index is 1.96. The largest absolute Gasteiger partial charge is 0.285 e. The lowest BCUT2D eigenvalue weighted by atomic mass is 9.86. The van der Waals surface area contributed by atoms with Gasteiger partial charge in [-0.2, -0.15) is 5.26 Å². The van der Waals surface area contributed by atoms with Gasteiger partial charge >= 0.3 is 0 Å². The highest BCUT2D eigenvalue weighted by Gasteiger charge is 2.32. The molecule has 2 rings (SSSR count). The summed E-state index contributed by atoms with van der Waals surface area (Å²) in [5.74, 6) is 0.869. The van der Waals surface area contributed by atoms with E-state index in [2.05, 4.69) is 17.9 Å². The molecule has 1 aliphatic carbocycles. The van der Waals surface area contributed by atoms with Crippen molar-refractivity contribution in [2.24, 2.45) is 5.92 Å². The molecule has 3 atom stereocenters. The summed E-state index contributed by atoms with van der Waals surface area (Å²) in [6.07, 6.45) is 7.72. The monoisotopic (exact) mass is 192 g/mol. The fourth-order valence-electron chi connectivity index (χ4n) is 3.07. The van der Waals surface area contributed by atoms with E-state index in [1.54, 1.807) is 0 Å². The first-order valence-corrected chi connectivity index (χ1v) is 5.96. The third-order valence-electron chi connectivity index (χ3n) is 3.82. The van der Waals surface area contributed by atoms with Crippen LogP contribution < -0.4 is 0 Å². The van der Waals surface area contributed by atoms with Gasteiger partial charge in [-0.25, -0.2) is 0 Å². The Labute approximate surface area is 86.9 Å². The first-order chi connectivity index (χ1) is 6.81. The minimum absolute atomic E-state index is 0.227. The second-order valence-corrected chi connectivity index (χ2v) is 4.95. The van der Waals surface area contributed by atoms with Gasteiger partial charge in [-0.15, -0.1) is 0 Å². The van der Waals surface area contributed by atoms with Crippen molar-refractivity contribution in [2.45, 2.75) is 57.5 Å². The van der Waals surface area contributed by atoms with Crippen LogP contribution in [0.15, 0.2) is 0 Å². The van der Waals surface area contributed by atoms with Crippen LogP contribution in [0.3, 0.4) is 0 Å². The smallest absolute Gasteiger partial charge is 0.0980 e. The number of hydrogen-bond acceptors (Lipinski definition) is 2. The van der Waals surface area contributed by atoms with Crippen molar-refractivity contribution in [3.05, 3.63) is 0 Å². The first-order valence-electron chi connectivity index (χ1n) is 5.96. The molecule has 2 nitrogen and oxygen atoms in total. The fraction of sp³-hybridized carbons (Fsp3) is 0.917. The van der Waals surface area contributed by atoms with Gasteiger partial charge in [0.15, 0.2) is 0 Å². The maximum absolute atomic E-state index is 9.04. The molecule has 0 aromatic carbocycles. The highest BCUT2D eigenvalue weighted by atomic mass is 15.2.